The standard InChI is InChI=1S/C47H32FN3SSi/c48-45(33-17-15-16-32(30-33)38-23-11-13-28-49-38)37-31-40-47(44-36-22-7-9-25-41(36)52-46(37)44)53(34-18-3-1-4-19-34,35-20-5-2-6-21-35)42-26-10-8-24-39(42)51(40)43-27-12-14-29-50-43/h1-31,45H. The van der Waals surface area contributed by atoms with Crippen LogP contribution in [0.15, 0.2) is 188 Å². The van der Waals surface area contributed by atoms with Gasteiger partial charge in [-0.3, -0.25) is 9.88 Å². The van der Waals surface area contributed by atoms with Crippen molar-refractivity contribution < 1.29 is 4.39 Å². The van der Waals surface area contributed by atoms with E-state index < -0.39 is 14.2 Å². The van der Waals surface area contributed by atoms with E-state index in [-0.39, 0.29) is 0 Å². The Morgan fingerprint density at radius 2 is 1.26 bits per heavy atom. The Bertz CT molecular complexity index is 2720. The normalized spacial score (nSPS) is 13.8. The first-order chi connectivity index (χ1) is 26.2. The fraction of sp³-hybridized carbons (Fsp3) is 0.0213. The van der Waals surface area contributed by atoms with Crippen LogP contribution in [0.4, 0.5) is 21.6 Å². The van der Waals surface area contributed by atoms with Crippen molar-refractivity contribution >= 4 is 77.5 Å². The van der Waals surface area contributed by atoms with Crippen LogP contribution in [0.25, 0.3) is 31.4 Å². The van der Waals surface area contributed by atoms with Crippen molar-refractivity contribution in [2.45, 2.75) is 6.17 Å². The van der Waals surface area contributed by atoms with Gasteiger partial charge in [0.2, 0.25) is 0 Å². The minimum Gasteiger partial charge on any atom is -0.295 e. The van der Waals surface area contributed by atoms with Crippen LogP contribution in [-0.2, 0) is 0 Å². The fourth-order valence-corrected chi connectivity index (χ4v) is 15.0. The SMILES string of the molecule is FC(c1cccc(-c2ccccn2)c1)c1cc2c(c3c1sc1ccccc13)[Si](c1ccccc1)(c1ccccc1)c1ccccc1N2c1ccccn1. The molecule has 3 aromatic heterocycles. The van der Waals surface area contributed by atoms with E-state index in [9.17, 15) is 0 Å². The van der Waals surface area contributed by atoms with Crippen LogP contribution < -0.4 is 25.6 Å². The summed E-state index contributed by atoms with van der Waals surface area (Å²) >= 11 is 1.69. The number of alkyl halides is 1. The van der Waals surface area contributed by atoms with Crippen LogP contribution >= 0.6 is 11.3 Å². The molecule has 0 fully saturated rings. The number of nitrogens with zero attached hydrogens (tertiary/aromatic N) is 3. The smallest absolute Gasteiger partial charge is 0.184 e. The number of thiophene rings is 1. The van der Waals surface area contributed by atoms with Crippen LogP contribution in [0.5, 0.6) is 0 Å². The van der Waals surface area contributed by atoms with E-state index in [2.05, 4.69) is 131 Å². The summed E-state index contributed by atoms with van der Waals surface area (Å²) in [4.78, 5) is 11.8. The van der Waals surface area contributed by atoms with E-state index in [4.69, 9.17) is 4.98 Å². The number of para-hydroxylation sites is 1. The van der Waals surface area contributed by atoms with Crippen LogP contribution in [0.1, 0.15) is 17.3 Å². The van der Waals surface area contributed by atoms with E-state index in [0.29, 0.717) is 11.1 Å². The second-order valence-corrected chi connectivity index (χ2v) is 18.1. The molecule has 0 saturated heterocycles. The number of rotatable bonds is 6. The zero-order valence-electron chi connectivity index (χ0n) is 28.6. The van der Waals surface area contributed by atoms with Crippen LogP contribution in [0.3, 0.4) is 0 Å². The Morgan fingerprint density at radius 3 is 2.00 bits per heavy atom. The Hall–Kier alpha value is -6.21. The van der Waals surface area contributed by atoms with Gasteiger partial charge in [0.25, 0.3) is 0 Å². The van der Waals surface area contributed by atoms with Gasteiger partial charge in [0.15, 0.2) is 14.2 Å². The predicted molar refractivity (Wildman–Crippen MR) is 222 cm³/mol. The van der Waals surface area contributed by atoms with Gasteiger partial charge in [-0.2, -0.15) is 0 Å². The third kappa shape index (κ3) is 4.90. The largest absolute Gasteiger partial charge is 0.295 e. The number of hydrogen-bond acceptors (Lipinski definition) is 4. The molecule has 6 heteroatoms. The molecule has 3 nitrogen and oxygen atoms in total. The summed E-state index contributed by atoms with van der Waals surface area (Å²) in [6.45, 7) is 0. The van der Waals surface area contributed by atoms with Gasteiger partial charge in [-0.1, -0.05) is 127 Å². The minimum absolute atomic E-state index is 0.599. The molecule has 1 atom stereocenters. The van der Waals surface area contributed by atoms with Crippen molar-refractivity contribution in [2.24, 2.45) is 0 Å². The summed E-state index contributed by atoms with van der Waals surface area (Å²) in [5.41, 5.74) is 5.00. The lowest BCUT2D eigenvalue weighted by Crippen LogP contribution is -2.77. The molecular formula is C47H32FN3SSi. The van der Waals surface area contributed by atoms with Gasteiger partial charge in [-0.05, 0) is 74.8 Å². The summed E-state index contributed by atoms with van der Waals surface area (Å²) in [7, 11) is -3.08. The van der Waals surface area contributed by atoms with Gasteiger partial charge in [0, 0.05) is 55.1 Å². The summed E-state index contributed by atoms with van der Waals surface area (Å²) in [6, 6.07) is 61.2. The van der Waals surface area contributed by atoms with Crippen molar-refractivity contribution in [2.75, 3.05) is 4.90 Å². The Kier molecular flexibility index (Phi) is 7.60. The molecule has 0 N–H and O–H groups in total. The average molecular weight is 718 g/mol. The molecule has 53 heavy (non-hydrogen) atoms. The van der Waals surface area contributed by atoms with Gasteiger partial charge in [0.05, 0.1) is 5.69 Å². The lowest BCUT2D eigenvalue weighted by molar-refractivity contribution is 0.405. The number of halogens is 1. The zero-order chi connectivity index (χ0) is 35.4. The minimum atomic E-state index is -3.08. The number of pyridine rings is 2. The Morgan fingerprint density at radius 1 is 0.585 bits per heavy atom. The molecule has 1 aliphatic rings. The molecule has 252 valence electrons. The highest BCUT2D eigenvalue weighted by Gasteiger charge is 2.51. The zero-order valence-corrected chi connectivity index (χ0v) is 30.4. The van der Waals surface area contributed by atoms with E-state index in [0.717, 1.165) is 48.6 Å². The highest BCUT2D eigenvalue weighted by molar-refractivity contribution is 7.28. The molecule has 0 spiro atoms. The first-order valence-electron chi connectivity index (χ1n) is 17.8. The van der Waals surface area contributed by atoms with E-state index in [1.807, 2.05) is 60.8 Å². The second-order valence-electron chi connectivity index (χ2n) is 13.4. The first-order valence-corrected chi connectivity index (χ1v) is 20.6. The molecular weight excluding hydrogens is 686 g/mol. The van der Waals surface area contributed by atoms with Crippen molar-refractivity contribution in [1.29, 1.82) is 0 Å². The van der Waals surface area contributed by atoms with Crippen molar-refractivity contribution in [3.8, 4) is 11.3 Å². The van der Waals surface area contributed by atoms with E-state index in [1.165, 1.54) is 20.7 Å². The highest BCUT2D eigenvalue weighted by atomic mass is 32.1. The quantitative estimate of drug-likeness (QED) is 0.161. The van der Waals surface area contributed by atoms with Crippen molar-refractivity contribution in [3.05, 3.63) is 199 Å². The molecule has 0 aliphatic carbocycles. The summed E-state index contributed by atoms with van der Waals surface area (Å²) in [6.07, 6.45) is 2.22. The Balaban J connectivity index is 1.37. The lowest BCUT2D eigenvalue weighted by atomic mass is 9.97. The highest BCUT2D eigenvalue weighted by Crippen LogP contribution is 2.47. The number of hydrogen-bond donors (Lipinski definition) is 0. The van der Waals surface area contributed by atoms with Gasteiger partial charge < -0.3 is 0 Å². The topological polar surface area (TPSA) is 29.0 Å². The van der Waals surface area contributed by atoms with E-state index >= 15 is 4.39 Å². The van der Waals surface area contributed by atoms with Gasteiger partial charge in [0.1, 0.15) is 5.82 Å². The van der Waals surface area contributed by atoms with Crippen molar-refractivity contribution in [1.82, 2.24) is 9.97 Å². The third-order valence-corrected chi connectivity index (χ3v) is 16.6. The fourth-order valence-electron chi connectivity index (χ4n) is 8.35. The molecule has 0 saturated carbocycles. The maximum absolute atomic E-state index is 17.8. The maximum atomic E-state index is 17.8. The number of fused-ring (bicyclic) bond motifs is 6. The predicted octanol–water partition coefficient (Wildman–Crippen LogP) is 9.73. The molecule has 10 rings (SSSR count). The van der Waals surface area contributed by atoms with Crippen molar-refractivity contribution in [3.63, 3.8) is 0 Å². The number of aromatic nitrogens is 2. The summed E-state index contributed by atoms with van der Waals surface area (Å²) in [5, 5.41) is 7.36. The average Bonchev–Trinajstić information content (AvgIpc) is 3.63. The lowest BCUT2D eigenvalue weighted by Gasteiger charge is -2.45. The number of benzene rings is 6. The summed E-state index contributed by atoms with van der Waals surface area (Å²) in [5.74, 6) is 0.794. The summed E-state index contributed by atoms with van der Waals surface area (Å²) < 4.78 is 19.9. The van der Waals surface area contributed by atoms with Crippen LogP contribution in [-0.4, -0.2) is 18.0 Å². The van der Waals surface area contributed by atoms with Crippen LogP contribution in [0, 0.1) is 0 Å². The first kappa shape index (κ1) is 31.5. The monoisotopic (exact) mass is 717 g/mol. The van der Waals surface area contributed by atoms with Gasteiger partial charge in [-0.25, -0.2) is 9.37 Å². The van der Waals surface area contributed by atoms with Gasteiger partial charge in [-0.15, -0.1) is 11.3 Å². The molecule has 1 unspecified atom stereocenters. The van der Waals surface area contributed by atoms with Gasteiger partial charge >= 0.3 is 0 Å². The Labute approximate surface area is 312 Å². The third-order valence-electron chi connectivity index (χ3n) is 10.5. The molecule has 0 radical (unpaired) electrons. The molecule has 0 bridgehead atoms. The molecule has 9 aromatic rings. The number of anilines is 3. The van der Waals surface area contributed by atoms with E-state index in [1.54, 1.807) is 17.5 Å². The second kappa shape index (κ2) is 12.8. The molecule has 4 heterocycles. The molecule has 1 aliphatic heterocycles. The maximum Gasteiger partial charge on any atom is 0.184 e. The van der Waals surface area contributed by atoms with Crippen LogP contribution in [0.2, 0.25) is 0 Å². The molecule has 6 aromatic carbocycles. The molecule has 0 amide bonds.